The van der Waals surface area contributed by atoms with E-state index in [0.717, 1.165) is 4.57 Å². The monoisotopic (exact) mass is 399 g/mol. The molecule has 1 fully saturated rings. The molecule has 10 nitrogen and oxygen atoms in total. The van der Waals surface area contributed by atoms with Gasteiger partial charge in [0.15, 0.2) is 0 Å². The minimum absolute atomic E-state index is 0.00817. The van der Waals surface area contributed by atoms with Gasteiger partial charge in [-0.05, 0) is 22.6 Å². The van der Waals surface area contributed by atoms with Crippen molar-refractivity contribution in [1.82, 2.24) is 9.55 Å². The summed E-state index contributed by atoms with van der Waals surface area (Å²) in [5, 5.41) is 18.5. The summed E-state index contributed by atoms with van der Waals surface area (Å²) >= 11 is 1.74. The van der Waals surface area contributed by atoms with E-state index in [0.29, 0.717) is 0 Å². The smallest absolute Gasteiger partial charge is 0.330 e. The SMILES string of the molecule is O=c1[nH]c(=O)n(C2CC(O[N+](=O)[O-])C(CO)O2)cc1I. The topological polar surface area (TPSA) is 137 Å². The molecule has 2 N–H and O–H groups in total. The molecule has 2 rings (SSSR count). The van der Waals surface area contributed by atoms with Gasteiger partial charge in [0.25, 0.3) is 10.6 Å². The molecular weight excluding hydrogens is 389 g/mol. The summed E-state index contributed by atoms with van der Waals surface area (Å²) in [6, 6.07) is 0. The molecule has 0 amide bonds. The first-order valence-corrected chi connectivity index (χ1v) is 6.58. The Morgan fingerprint density at radius 3 is 2.95 bits per heavy atom. The van der Waals surface area contributed by atoms with Gasteiger partial charge >= 0.3 is 5.69 Å². The number of hydrogen-bond donors (Lipinski definition) is 2. The molecule has 11 heteroatoms. The van der Waals surface area contributed by atoms with Crippen LogP contribution in [-0.4, -0.2) is 38.6 Å². The lowest BCUT2D eigenvalue weighted by molar-refractivity contribution is -0.769. The Labute approximate surface area is 124 Å². The number of aromatic nitrogens is 2. The molecule has 1 aromatic heterocycles. The van der Waals surface area contributed by atoms with Gasteiger partial charge in [-0.1, -0.05) is 0 Å². The van der Waals surface area contributed by atoms with Crippen molar-refractivity contribution < 1.29 is 19.8 Å². The second-order valence-electron chi connectivity index (χ2n) is 4.06. The number of rotatable bonds is 4. The summed E-state index contributed by atoms with van der Waals surface area (Å²) < 4.78 is 6.72. The van der Waals surface area contributed by atoms with Gasteiger partial charge in [-0.15, -0.1) is 10.1 Å². The summed E-state index contributed by atoms with van der Waals surface area (Å²) in [5.74, 6) is 0. The number of aliphatic hydroxyl groups is 1. The van der Waals surface area contributed by atoms with Crippen LogP contribution in [0, 0.1) is 13.7 Å². The van der Waals surface area contributed by atoms with Gasteiger partial charge in [0.1, 0.15) is 18.4 Å². The van der Waals surface area contributed by atoms with E-state index in [2.05, 4.69) is 9.82 Å². The molecule has 1 aliphatic heterocycles. The van der Waals surface area contributed by atoms with Gasteiger partial charge in [0.2, 0.25) is 0 Å². The van der Waals surface area contributed by atoms with Crippen LogP contribution in [0.2, 0.25) is 0 Å². The quantitative estimate of drug-likeness (QED) is 0.376. The predicted molar refractivity (Wildman–Crippen MR) is 71.5 cm³/mol. The maximum absolute atomic E-state index is 11.7. The zero-order chi connectivity index (χ0) is 14.9. The first-order valence-electron chi connectivity index (χ1n) is 5.51. The summed E-state index contributed by atoms with van der Waals surface area (Å²) in [6.07, 6.45) is -1.45. The molecule has 1 saturated heterocycles. The van der Waals surface area contributed by atoms with Crippen LogP contribution in [-0.2, 0) is 9.57 Å². The molecule has 0 saturated carbocycles. The highest BCUT2D eigenvalue weighted by Crippen LogP contribution is 2.29. The Bertz CT molecular complexity index is 627. The summed E-state index contributed by atoms with van der Waals surface area (Å²) in [6.45, 7) is -0.482. The third-order valence-electron chi connectivity index (χ3n) is 2.82. The lowest BCUT2D eigenvalue weighted by Gasteiger charge is -2.14. The van der Waals surface area contributed by atoms with Crippen molar-refractivity contribution in [3.8, 4) is 0 Å². The fourth-order valence-corrected chi connectivity index (χ4v) is 2.37. The molecule has 0 radical (unpaired) electrons. The maximum Gasteiger partial charge on any atom is 0.330 e. The number of H-pyrrole nitrogens is 1. The minimum Gasteiger partial charge on any atom is -0.394 e. The number of halogens is 1. The van der Waals surface area contributed by atoms with Crippen molar-refractivity contribution in [1.29, 1.82) is 0 Å². The first-order chi connectivity index (χ1) is 9.42. The number of hydrogen-bond acceptors (Lipinski definition) is 7. The maximum atomic E-state index is 11.7. The Balaban J connectivity index is 2.27. The zero-order valence-electron chi connectivity index (χ0n) is 9.89. The molecule has 0 bridgehead atoms. The van der Waals surface area contributed by atoms with Crippen LogP contribution in [0.3, 0.4) is 0 Å². The second kappa shape index (κ2) is 5.88. The van der Waals surface area contributed by atoms with E-state index in [1.807, 2.05) is 0 Å². The molecule has 0 spiro atoms. The van der Waals surface area contributed by atoms with Crippen molar-refractivity contribution in [2.75, 3.05) is 6.61 Å². The van der Waals surface area contributed by atoms with Gasteiger partial charge in [0, 0.05) is 12.6 Å². The molecule has 110 valence electrons. The van der Waals surface area contributed by atoms with Gasteiger partial charge in [-0.3, -0.25) is 14.3 Å². The van der Waals surface area contributed by atoms with Gasteiger partial charge < -0.3 is 14.7 Å². The van der Waals surface area contributed by atoms with E-state index in [1.165, 1.54) is 6.20 Å². The normalized spacial score (nSPS) is 25.6. The van der Waals surface area contributed by atoms with E-state index in [9.17, 15) is 19.7 Å². The second-order valence-corrected chi connectivity index (χ2v) is 5.22. The predicted octanol–water partition coefficient (Wildman–Crippen LogP) is -1.00. The molecule has 0 aliphatic carbocycles. The van der Waals surface area contributed by atoms with Crippen molar-refractivity contribution >= 4 is 22.6 Å². The third-order valence-corrected chi connectivity index (χ3v) is 3.58. The van der Waals surface area contributed by atoms with Crippen LogP contribution < -0.4 is 11.2 Å². The van der Waals surface area contributed by atoms with Crippen LogP contribution in [0.25, 0.3) is 0 Å². The van der Waals surface area contributed by atoms with Crippen molar-refractivity contribution in [3.05, 3.63) is 40.7 Å². The molecule has 20 heavy (non-hydrogen) atoms. The molecule has 1 aliphatic rings. The largest absolute Gasteiger partial charge is 0.394 e. The Morgan fingerprint density at radius 1 is 1.65 bits per heavy atom. The fourth-order valence-electron chi connectivity index (χ4n) is 1.93. The third kappa shape index (κ3) is 2.99. The van der Waals surface area contributed by atoms with E-state index in [-0.39, 0.29) is 9.99 Å². The highest BCUT2D eigenvalue weighted by molar-refractivity contribution is 14.1. The summed E-state index contributed by atoms with van der Waals surface area (Å²) in [5.41, 5.74) is -1.22. The van der Waals surface area contributed by atoms with Crippen LogP contribution in [0.15, 0.2) is 15.8 Å². The van der Waals surface area contributed by atoms with Crippen molar-refractivity contribution in [2.45, 2.75) is 24.9 Å². The fraction of sp³-hybridized carbons (Fsp3) is 0.556. The van der Waals surface area contributed by atoms with E-state index >= 15 is 0 Å². The zero-order valence-corrected chi connectivity index (χ0v) is 12.1. The lowest BCUT2D eigenvalue weighted by atomic mass is 10.2. The molecule has 2 heterocycles. The Morgan fingerprint density at radius 2 is 2.35 bits per heavy atom. The van der Waals surface area contributed by atoms with Gasteiger partial charge in [-0.25, -0.2) is 4.79 Å². The number of nitrogens with zero attached hydrogens (tertiary/aromatic N) is 2. The molecule has 1 aromatic rings. The van der Waals surface area contributed by atoms with Crippen molar-refractivity contribution in [2.24, 2.45) is 0 Å². The number of aliphatic hydroxyl groups excluding tert-OH is 1. The van der Waals surface area contributed by atoms with Crippen LogP contribution >= 0.6 is 22.6 Å². The average molecular weight is 399 g/mol. The summed E-state index contributed by atoms with van der Waals surface area (Å²) in [7, 11) is 0. The molecule has 3 unspecified atom stereocenters. The van der Waals surface area contributed by atoms with E-state index in [1.54, 1.807) is 22.6 Å². The molecular formula is C9H10IN3O7. The van der Waals surface area contributed by atoms with Crippen LogP contribution in [0.5, 0.6) is 0 Å². The average Bonchev–Trinajstić information content (AvgIpc) is 2.75. The highest BCUT2D eigenvalue weighted by Gasteiger charge is 2.39. The number of nitrogens with one attached hydrogen (secondary N) is 1. The van der Waals surface area contributed by atoms with Gasteiger partial charge in [0.05, 0.1) is 10.2 Å². The number of aromatic amines is 1. The van der Waals surface area contributed by atoms with E-state index < -0.39 is 41.4 Å². The first kappa shape index (κ1) is 14.9. The number of ether oxygens (including phenoxy) is 1. The molecule has 0 aromatic carbocycles. The minimum atomic E-state index is -0.975. The highest BCUT2D eigenvalue weighted by atomic mass is 127. The van der Waals surface area contributed by atoms with E-state index in [4.69, 9.17) is 9.84 Å². The van der Waals surface area contributed by atoms with Crippen LogP contribution in [0.1, 0.15) is 12.6 Å². The lowest BCUT2D eigenvalue weighted by Crippen LogP contribution is -2.33. The van der Waals surface area contributed by atoms with Crippen molar-refractivity contribution in [3.63, 3.8) is 0 Å². The Kier molecular flexibility index (Phi) is 4.39. The standard InChI is InChI=1S/C9H10IN3O7/c10-4-2-12(9(16)11-8(4)15)7-1-5(20-13(17)18)6(3-14)19-7/h2,5-7,14H,1,3H2,(H,11,15,16). The molecule has 3 atom stereocenters. The summed E-state index contributed by atoms with van der Waals surface area (Å²) in [4.78, 5) is 39.8. The Hall–Kier alpha value is -1.47. The van der Waals surface area contributed by atoms with Gasteiger partial charge in [-0.2, -0.15) is 0 Å². The van der Waals surface area contributed by atoms with Crippen LogP contribution in [0.4, 0.5) is 0 Å².